The lowest BCUT2D eigenvalue weighted by molar-refractivity contribution is -0.139. The van der Waals surface area contributed by atoms with E-state index in [4.69, 9.17) is 4.74 Å². The van der Waals surface area contributed by atoms with Gasteiger partial charge in [-0.25, -0.2) is 9.59 Å². The fourth-order valence-corrected chi connectivity index (χ4v) is 2.02. The number of aryl methyl sites for hydroxylation is 1. The third-order valence-electron chi connectivity index (χ3n) is 2.40. The molecule has 1 aromatic rings. The van der Waals surface area contributed by atoms with Crippen LogP contribution in [0.3, 0.4) is 0 Å². The molecule has 7 nitrogen and oxygen atoms in total. The van der Waals surface area contributed by atoms with Crippen molar-refractivity contribution >= 4 is 28.0 Å². The van der Waals surface area contributed by atoms with E-state index in [1.165, 1.54) is 0 Å². The normalized spacial score (nSPS) is 12.8. The monoisotopic (exact) mass is 347 g/mol. The number of rotatable bonds is 4. The molecule has 1 aromatic heterocycles. The SMILES string of the molecule is Cn1ncc(Br)c1CC(NC(=O)OC(C)(C)C)C(=O)O. The van der Waals surface area contributed by atoms with Gasteiger partial charge in [0.15, 0.2) is 0 Å². The molecule has 2 N–H and O–H groups in total. The van der Waals surface area contributed by atoms with Gasteiger partial charge < -0.3 is 15.2 Å². The maximum atomic E-state index is 11.6. The summed E-state index contributed by atoms with van der Waals surface area (Å²) in [6.45, 7) is 5.13. The Kier molecular flexibility index (Phi) is 5.15. The molecule has 0 fully saturated rings. The summed E-state index contributed by atoms with van der Waals surface area (Å²) in [5.74, 6) is -1.14. The second-order valence-corrected chi connectivity index (χ2v) is 6.16. The van der Waals surface area contributed by atoms with Crippen molar-refractivity contribution in [2.24, 2.45) is 7.05 Å². The number of aromatic nitrogens is 2. The number of nitrogens with one attached hydrogen (secondary N) is 1. The zero-order valence-electron chi connectivity index (χ0n) is 11.8. The van der Waals surface area contributed by atoms with Crippen LogP contribution in [0.5, 0.6) is 0 Å². The molecule has 20 heavy (non-hydrogen) atoms. The first-order valence-corrected chi connectivity index (χ1v) is 6.78. The Morgan fingerprint density at radius 3 is 2.55 bits per heavy atom. The summed E-state index contributed by atoms with van der Waals surface area (Å²) in [4.78, 5) is 22.9. The molecule has 0 bridgehead atoms. The van der Waals surface area contributed by atoms with Crippen LogP contribution in [-0.2, 0) is 23.0 Å². The average molecular weight is 348 g/mol. The fourth-order valence-electron chi connectivity index (χ4n) is 1.51. The van der Waals surface area contributed by atoms with Gasteiger partial charge in [-0.3, -0.25) is 4.68 Å². The highest BCUT2D eigenvalue weighted by molar-refractivity contribution is 9.10. The zero-order chi connectivity index (χ0) is 15.5. The molecular weight excluding hydrogens is 330 g/mol. The molecule has 1 rings (SSSR count). The summed E-state index contributed by atoms with van der Waals surface area (Å²) in [7, 11) is 1.70. The summed E-state index contributed by atoms with van der Waals surface area (Å²) < 4.78 is 7.29. The van der Waals surface area contributed by atoms with Crippen LogP contribution in [0.2, 0.25) is 0 Å². The number of amides is 1. The van der Waals surface area contributed by atoms with E-state index < -0.39 is 23.7 Å². The van der Waals surface area contributed by atoms with Crippen molar-refractivity contribution in [3.05, 3.63) is 16.4 Å². The van der Waals surface area contributed by atoms with Gasteiger partial charge in [0, 0.05) is 13.5 Å². The molecule has 0 radical (unpaired) electrons. The number of carboxylic acid groups (broad SMARTS) is 1. The summed E-state index contributed by atoms with van der Waals surface area (Å²) >= 11 is 3.29. The van der Waals surface area contributed by atoms with Crippen LogP contribution in [0.25, 0.3) is 0 Å². The lowest BCUT2D eigenvalue weighted by atomic mass is 10.1. The van der Waals surface area contributed by atoms with Crippen LogP contribution >= 0.6 is 15.9 Å². The molecule has 0 spiro atoms. The molecule has 0 aromatic carbocycles. The number of aliphatic carboxylic acids is 1. The van der Waals surface area contributed by atoms with E-state index in [2.05, 4.69) is 26.3 Å². The summed E-state index contributed by atoms with van der Waals surface area (Å²) in [5, 5.41) is 15.5. The highest BCUT2D eigenvalue weighted by atomic mass is 79.9. The van der Waals surface area contributed by atoms with E-state index >= 15 is 0 Å². The third kappa shape index (κ3) is 4.84. The first-order valence-electron chi connectivity index (χ1n) is 5.99. The van der Waals surface area contributed by atoms with E-state index in [0.717, 1.165) is 0 Å². The number of nitrogens with zero attached hydrogens (tertiary/aromatic N) is 2. The Balaban J connectivity index is 2.76. The Morgan fingerprint density at radius 2 is 2.15 bits per heavy atom. The van der Waals surface area contributed by atoms with Crippen LogP contribution in [0.4, 0.5) is 4.79 Å². The molecule has 0 saturated heterocycles. The second kappa shape index (κ2) is 6.25. The molecule has 0 aliphatic heterocycles. The van der Waals surface area contributed by atoms with E-state index in [1.54, 1.807) is 38.7 Å². The number of hydrogen-bond acceptors (Lipinski definition) is 4. The van der Waals surface area contributed by atoms with Crippen LogP contribution in [-0.4, -0.2) is 38.6 Å². The number of halogens is 1. The molecule has 1 atom stereocenters. The van der Waals surface area contributed by atoms with Crippen molar-refractivity contribution in [1.29, 1.82) is 0 Å². The number of carbonyl (C=O) groups is 2. The van der Waals surface area contributed by atoms with Crippen LogP contribution in [0.1, 0.15) is 26.5 Å². The molecule has 1 unspecified atom stereocenters. The Bertz CT molecular complexity index is 488. The van der Waals surface area contributed by atoms with Gasteiger partial charge in [0.25, 0.3) is 0 Å². The molecular formula is C12H18BrN3O4. The molecule has 0 aliphatic carbocycles. The van der Waals surface area contributed by atoms with Gasteiger partial charge in [-0.15, -0.1) is 0 Å². The second-order valence-electron chi connectivity index (χ2n) is 5.30. The van der Waals surface area contributed by atoms with Gasteiger partial charge in [-0.1, -0.05) is 0 Å². The minimum absolute atomic E-state index is 0.103. The lowest BCUT2D eigenvalue weighted by Crippen LogP contribution is -2.45. The van der Waals surface area contributed by atoms with Crippen molar-refractivity contribution in [2.45, 2.75) is 38.8 Å². The Hall–Kier alpha value is -1.57. The third-order valence-corrected chi connectivity index (χ3v) is 3.06. The molecule has 1 amide bonds. The number of carbonyl (C=O) groups excluding carboxylic acids is 1. The van der Waals surface area contributed by atoms with Crippen molar-refractivity contribution in [2.75, 3.05) is 0 Å². The quantitative estimate of drug-likeness (QED) is 0.864. The minimum atomic E-state index is -1.14. The minimum Gasteiger partial charge on any atom is -0.480 e. The predicted molar refractivity (Wildman–Crippen MR) is 75.4 cm³/mol. The van der Waals surface area contributed by atoms with Gasteiger partial charge in [-0.05, 0) is 36.7 Å². The van der Waals surface area contributed by atoms with Gasteiger partial charge in [0.05, 0.1) is 16.4 Å². The maximum absolute atomic E-state index is 11.6. The van der Waals surface area contributed by atoms with Crippen LogP contribution < -0.4 is 5.32 Å². The lowest BCUT2D eigenvalue weighted by Gasteiger charge is -2.22. The van der Waals surface area contributed by atoms with Gasteiger partial charge in [-0.2, -0.15) is 5.10 Å². The fraction of sp³-hybridized carbons (Fsp3) is 0.583. The number of ether oxygens (including phenoxy) is 1. The van der Waals surface area contributed by atoms with E-state index in [1.807, 2.05) is 0 Å². The van der Waals surface area contributed by atoms with E-state index in [9.17, 15) is 14.7 Å². The Morgan fingerprint density at radius 1 is 1.55 bits per heavy atom. The predicted octanol–water partition coefficient (Wildman–Crippen LogP) is 1.70. The zero-order valence-corrected chi connectivity index (χ0v) is 13.4. The van der Waals surface area contributed by atoms with E-state index in [-0.39, 0.29) is 6.42 Å². The molecule has 8 heteroatoms. The van der Waals surface area contributed by atoms with Crippen LogP contribution in [0.15, 0.2) is 10.7 Å². The van der Waals surface area contributed by atoms with E-state index in [0.29, 0.717) is 10.2 Å². The first kappa shape index (κ1) is 16.5. The summed E-state index contributed by atoms with van der Waals surface area (Å²) in [6.07, 6.45) is 0.913. The van der Waals surface area contributed by atoms with Crippen molar-refractivity contribution in [3.63, 3.8) is 0 Å². The smallest absolute Gasteiger partial charge is 0.408 e. The molecule has 0 saturated carbocycles. The molecule has 0 aliphatic rings. The maximum Gasteiger partial charge on any atom is 0.408 e. The summed E-state index contributed by atoms with van der Waals surface area (Å²) in [6, 6.07) is -1.09. The standard InChI is InChI=1S/C12H18BrN3O4/c1-12(2,3)20-11(19)15-8(10(17)18)5-9-7(13)6-14-16(9)4/h6,8H,5H2,1-4H3,(H,15,19)(H,17,18). The summed E-state index contributed by atoms with van der Waals surface area (Å²) in [5.41, 5.74) is -0.00581. The largest absolute Gasteiger partial charge is 0.480 e. The van der Waals surface area contributed by atoms with Crippen molar-refractivity contribution in [3.8, 4) is 0 Å². The van der Waals surface area contributed by atoms with Crippen molar-refractivity contribution in [1.82, 2.24) is 15.1 Å². The van der Waals surface area contributed by atoms with Gasteiger partial charge in [0.1, 0.15) is 11.6 Å². The number of hydrogen-bond donors (Lipinski definition) is 2. The first-order chi connectivity index (χ1) is 9.10. The number of alkyl carbamates (subject to hydrolysis) is 1. The molecule has 112 valence electrons. The topological polar surface area (TPSA) is 93.5 Å². The van der Waals surface area contributed by atoms with Gasteiger partial charge in [0.2, 0.25) is 0 Å². The highest BCUT2D eigenvalue weighted by Gasteiger charge is 2.26. The highest BCUT2D eigenvalue weighted by Crippen LogP contribution is 2.17. The van der Waals surface area contributed by atoms with Gasteiger partial charge >= 0.3 is 12.1 Å². The van der Waals surface area contributed by atoms with Crippen LogP contribution in [0, 0.1) is 0 Å². The van der Waals surface area contributed by atoms with Crippen molar-refractivity contribution < 1.29 is 19.4 Å². The number of carboxylic acids is 1. The molecule has 1 heterocycles. The Labute approximate surface area is 125 Å². The average Bonchev–Trinajstić information content (AvgIpc) is 2.56.